The predicted molar refractivity (Wildman–Crippen MR) is 142 cm³/mol. The minimum atomic E-state index is 0. The van der Waals surface area contributed by atoms with Gasteiger partial charge in [0.25, 0.3) is 0 Å². The van der Waals surface area contributed by atoms with Crippen LogP contribution in [-0.4, -0.2) is 23.0 Å². The molecule has 170 valence electrons. The second-order valence-corrected chi connectivity index (χ2v) is 8.09. The lowest BCUT2D eigenvalue weighted by Crippen LogP contribution is -2.38. The molecule has 8 heteroatoms. The van der Waals surface area contributed by atoms with Crippen molar-refractivity contribution >= 4 is 71.1 Å². The summed E-state index contributed by atoms with van der Waals surface area (Å²) in [4.78, 5) is 9.36. The first kappa shape index (κ1) is 25.8. The maximum atomic E-state index is 5.98. The second-order valence-electron chi connectivity index (χ2n) is 7.66. The molecule has 0 spiro atoms. The van der Waals surface area contributed by atoms with E-state index in [0.717, 1.165) is 58.6 Å². The minimum Gasteiger partial charge on any atom is -0.370 e. The number of guanidine groups is 1. The highest BCUT2D eigenvalue weighted by Crippen LogP contribution is 2.29. The van der Waals surface area contributed by atoms with E-state index in [1.165, 1.54) is 0 Å². The molecule has 1 fully saturated rings. The second kappa shape index (κ2) is 12.0. The Morgan fingerprint density at radius 1 is 1.00 bits per heavy atom. The van der Waals surface area contributed by atoms with E-state index < -0.39 is 0 Å². The number of anilines is 1. The molecule has 32 heavy (non-hydrogen) atoms. The van der Waals surface area contributed by atoms with Crippen LogP contribution in [-0.2, 0) is 0 Å². The number of benzene rings is 2. The molecule has 0 amide bonds. The summed E-state index contributed by atoms with van der Waals surface area (Å²) in [5.41, 5.74) is 13.3. The molecular weight excluding hydrogens is 465 g/mol. The first-order valence-corrected chi connectivity index (χ1v) is 10.6. The van der Waals surface area contributed by atoms with Gasteiger partial charge in [0.15, 0.2) is 5.96 Å². The van der Waals surface area contributed by atoms with Gasteiger partial charge in [0.05, 0.1) is 17.8 Å². The highest BCUT2D eigenvalue weighted by Gasteiger charge is 2.25. The molecule has 4 rings (SSSR count). The van der Waals surface area contributed by atoms with Crippen molar-refractivity contribution in [1.29, 1.82) is 0 Å². The summed E-state index contributed by atoms with van der Waals surface area (Å²) in [5.74, 6) is 1.01. The standard InChI is InChI=1S/C24H26ClN5.2ClH/c25-18-12-9-16(10-13-18)11-14-19-15-17-5-1-2-6-20(17)23(28-19)29-21-7-3-4-8-22(21)30-24(26)27;;/h1-2,5-6,9-15,21-22H,3-4,7-8H2,(H,28,29)(H4,26,27,30);2*1H/t21-,22+;;/m0../s1. The number of hydrogen-bond acceptors (Lipinski definition) is 3. The van der Waals surface area contributed by atoms with Gasteiger partial charge in [0.2, 0.25) is 0 Å². The predicted octanol–water partition coefficient (Wildman–Crippen LogP) is 5.90. The Balaban J connectivity index is 0.00000181. The maximum Gasteiger partial charge on any atom is 0.186 e. The molecular formula is C24H28Cl3N5. The van der Waals surface area contributed by atoms with Crippen molar-refractivity contribution in [3.05, 3.63) is 70.9 Å². The lowest BCUT2D eigenvalue weighted by atomic mass is 9.90. The molecule has 3 aromatic rings. The molecule has 5 N–H and O–H groups in total. The Morgan fingerprint density at radius 3 is 2.47 bits per heavy atom. The summed E-state index contributed by atoms with van der Waals surface area (Å²) < 4.78 is 0. The van der Waals surface area contributed by atoms with E-state index in [0.29, 0.717) is 0 Å². The van der Waals surface area contributed by atoms with Gasteiger partial charge in [0.1, 0.15) is 5.82 Å². The fraction of sp³-hybridized carbons (Fsp3) is 0.250. The van der Waals surface area contributed by atoms with Gasteiger partial charge in [-0.1, -0.05) is 66.9 Å². The third-order valence-electron chi connectivity index (χ3n) is 5.44. The SMILES string of the molecule is Cl.Cl.NC(N)=N[C@@H]1CCCC[C@@H]1Nc1nc(C=Cc2ccc(Cl)cc2)cc2ccccc12. The van der Waals surface area contributed by atoms with Crippen LogP contribution in [0, 0.1) is 0 Å². The van der Waals surface area contributed by atoms with Crippen molar-refractivity contribution in [2.24, 2.45) is 16.5 Å². The number of fused-ring (bicyclic) bond motifs is 1. The molecule has 1 saturated carbocycles. The van der Waals surface area contributed by atoms with Crippen molar-refractivity contribution in [3.63, 3.8) is 0 Å². The van der Waals surface area contributed by atoms with E-state index in [4.69, 9.17) is 28.1 Å². The molecule has 5 nitrogen and oxygen atoms in total. The Bertz CT molecular complexity index is 1080. The van der Waals surface area contributed by atoms with Gasteiger partial charge in [-0.2, -0.15) is 0 Å². The highest BCUT2D eigenvalue weighted by atomic mass is 35.5. The summed E-state index contributed by atoms with van der Waals surface area (Å²) in [6, 6.07) is 18.3. The largest absolute Gasteiger partial charge is 0.370 e. The monoisotopic (exact) mass is 491 g/mol. The number of nitrogens with one attached hydrogen (secondary N) is 1. The van der Waals surface area contributed by atoms with Crippen LogP contribution in [0.5, 0.6) is 0 Å². The fourth-order valence-corrected chi connectivity index (χ4v) is 4.10. The van der Waals surface area contributed by atoms with Crippen molar-refractivity contribution < 1.29 is 0 Å². The average Bonchev–Trinajstić information content (AvgIpc) is 2.74. The van der Waals surface area contributed by atoms with Crippen molar-refractivity contribution in [1.82, 2.24) is 4.98 Å². The van der Waals surface area contributed by atoms with Crippen molar-refractivity contribution in [3.8, 4) is 0 Å². The van der Waals surface area contributed by atoms with Gasteiger partial charge in [-0.15, -0.1) is 24.8 Å². The molecule has 0 unspecified atom stereocenters. The third-order valence-corrected chi connectivity index (χ3v) is 5.70. The zero-order valence-corrected chi connectivity index (χ0v) is 20.0. The smallest absolute Gasteiger partial charge is 0.186 e. The quantitative estimate of drug-likeness (QED) is 0.305. The van der Waals surface area contributed by atoms with E-state index in [1.54, 1.807) is 0 Å². The molecule has 0 bridgehead atoms. The van der Waals surface area contributed by atoms with Crippen LogP contribution in [0.4, 0.5) is 5.82 Å². The van der Waals surface area contributed by atoms with Crippen LogP contribution in [0.2, 0.25) is 5.02 Å². The number of halogens is 3. The van der Waals surface area contributed by atoms with Gasteiger partial charge < -0.3 is 16.8 Å². The third kappa shape index (κ3) is 6.52. The Morgan fingerprint density at radius 2 is 1.72 bits per heavy atom. The maximum absolute atomic E-state index is 5.98. The number of aromatic nitrogens is 1. The molecule has 1 aliphatic carbocycles. The fourth-order valence-electron chi connectivity index (χ4n) is 3.97. The summed E-state index contributed by atoms with van der Waals surface area (Å²) in [6.07, 6.45) is 8.35. The summed E-state index contributed by atoms with van der Waals surface area (Å²) >= 11 is 5.98. The van der Waals surface area contributed by atoms with Gasteiger partial charge >= 0.3 is 0 Å². The Labute approximate surface area is 206 Å². The zero-order chi connectivity index (χ0) is 20.9. The number of aliphatic imine (C=N–C) groups is 1. The summed E-state index contributed by atoms with van der Waals surface area (Å²) in [6.45, 7) is 0. The molecule has 2 aromatic carbocycles. The van der Waals surface area contributed by atoms with Crippen LogP contribution >= 0.6 is 36.4 Å². The van der Waals surface area contributed by atoms with Crippen LogP contribution in [0.15, 0.2) is 59.6 Å². The molecule has 0 aliphatic heterocycles. The lowest BCUT2D eigenvalue weighted by molar-refractivity contribution is 0.405. The summed E-state index contributed by atoms with van der Waals surface area (Å²) in [5, 5.41) is 6.60. The van der Waals surface area contributed by atoms with Gasteiger partial charge in [-0.3, -0.25) is 0 Å². The number of nitrogens with two attached hydrogens (primary N) is 2. The molecule has 0 radical (unpaired) electrons. The number of nitrogens with zero attached hydrogens (tertiary/aromatic N) is 2. The van der Waals surface area contributed by atoms with Gasteiger partial charge in [0, 0.05) is 10.4 Å². The van der Waals surface area contributed by atoms with Crippen molar-refractivity contribution in [2.75, 3.05) is 5.32 Å². The van der Waals surface area contributed by atoms with Crippen molar-refractivity contribution in [2.45, 2.75) is 37.8 Å². The topological polar surface area (TPSA) is 89.3 Å². The molecule has 0 saturated heterocycles. The average molecular weight is 493 g/mol. The van der Waals surface area contributed by atoms with E-state index in [1.807, 2.05) is 48.6 Å². The number of rotatable bonds is 5. The molecule has 1 heterocycles. The van der Waals surface area contributed by atoms with E-state index >= 15 is 0 Å². The Kier molecular flexibility index (Phi) is 9.63. The Hall–Kier alpha value is -2.47. The first-order chi connectivity index (χ1) is 14.6. The van der Waals surface area contributed by atoms with E-state index in [2.05, 4.69) is 28.5 Å². The number of pyridine rings is 1. The van der Waals surface area contributed by atoms with Crippen LogP contribution in [0.1, 0.15) is 36.9 Å². The van der Waals surface area contributed by atoms with Gasteiger partial charge in [-0.25, -0.2) is 9.98 Å². The van der Waals surface area contributed by atoms with Gasteiger partial charge in [-0.05, 0) is 48.1 Å². The van der Waals surface area contributed by atoms with Crippen LogP contribution in [0.3, 0.4) is 0 Å². The highest BCUT2D eigenvalue weighted by molar-refractivity contribution is 6.30. The molecule has 1 aromatic heterocycles. The molecule has 1 aliphatic rings. The number of hydrogen-bond donors (Lipinski definition) is 3. The normalized spacial score (nSPS) is 17.9. The molecule has 2 atom stereocenters. The first-order valence-electron chi connectivity index (χ1n) is 10.3. The van der Waals surface area contributed by atoms with Crippen LogP contribution < -0.4 is 16.8 Å². The van der Waals surface area contributed by atoms with E-state index in [9.17, 15) is 0 Å². The van der Waals surface area contributed by atoms with Crippen LogP contribution in [0.25, 0.3) is 22.9 Å². The lowest BCUT2D eigenvalue weighted by Gasteiger charge is -2.30. The zero-order valence-electron chi connectivity index (χ0n) is 17.6. The minimum absolute atomic E-state index is 0. The summed E-state index contributed by atoms with van der Waals surface area (Å²) in [7, 11) is 0. The van der Waals surface area contributed by atoms with E-state index in [-0.39, 0.29) is 42.9 Å².